The summed E-state index contributed by atoms with van der Waals surface area (Å²) in [6.07, 6.45) is 0. The topological polar surface area (TPSA) is 61.4 Å². The second kappa shape index (κ2) is 8.27. The van der Waals surface area contributed by atoms with Crippen molar-refractivity contribution in [3.05, 3.63) is 77.4 Å². The fourth-order valence-corrected chi connectivity index (χ4v) is 3.39. The summed E-state index contributed by atoms with van der Waals surface area (Å²) in [7, 11) is 0. The number of nitrogens with one attached hydrogen (secondary N) is 1. The first kappa shape index (κ1) is 18.3. The first-order valence-corrected chi connectivity index (χ1v) is 9.52. The number of hydrogen-bond acceptors (Lipinski definition) is 5. The lowest BCUT2D eigenvalue weighted by atomic mass is 10.2. The summed E-state index contributed by atoms with van der Waals surface area (Å²) in [5.74, 6) is 0.474. The molecule has 6 nitrogen and oxygen atoms in total. The lowest BCUT2D eigenvalue weighted by Gasteiger charge is -2.35. The number of piperazine rings is 1. The first-order chi connectivity index (χ1) is 13.7. The number of anilines is 3. The van der Waals surface area contributed by atoms with Gasteiger partial charge in [0.1, 0.15) is 0 Å². The van der Waals surface area contributed by atoms with Crippen LogP contribution in [0.15, 0.2) is 66.7 Å². The van der Waals surface area contributed by atoms with Gasteiger partial charge in [0.15, 0.2) is 11.5 Å². The first-order valence-electron chi connectivity index (χ1n) is 9.15. The molecule has 1 aliphatic rings. The molecule has 142 valence electrons. The molecule has 2 aromatic carbocycles. The van der Waals surface area contributed by atoms with Crippen LogP contribution in [0.4, 0.5) is 17.2 Å². The maximum absolute atomic E-state index is 12.7. The SMILES string of the molecule is O=C(c1ccc(Nc2cccc(Cl)c2)nn1)N1CCN(c2ccccc2)CC1. The van der Waals surface area contributed by atoms with Crippen LogP contribution >= 0.6 is 11.6 Å². The van der Waals surface area contributed by atoms with Crippen LogP contribution in [0.25, 0.3) is 0 Å². The summed E-state index contributed by atoms with van der Waals surface area (Å²) in [4.78, 5) is 16.8. The van der Waals surface area contributed by atoms with E-state index in [0.29, 0.717) is 29.6 Å². The Morgan fingerprint density at radius 1 is 0.893 bits per heavy atom. The Hall–Kier alpha value is -3.12. The fourth-order valence-electron chi connectivity index (χ4n) is 3.20. The Kier molecular flexibility index (Phi) is 5.39. The van der Waals surface area contributed by atoms with Crippen LogP contribution in [0.1, 0.15) is 10.5 Å². The standard InChI is InChI=1S/C21H20ClN5O/c22-16-5-4-6-17(15-16)23-20-10-9-19(24-25-20)21(28)27-13-11-26(12-14-27)18-7-2-1-3-8-18/h1-10,15H,11-14H2,(H,23,25). The molecule has 0 spiro atoms. The number of nitrogens with zero attached hydrogens (tertiary/aromatic N) is 4. The molecule has 1 amide bonds. The van der Waals surface area contributed by atoms with Gasteiger partial charge in [0.05, 0.1) is 0 Å². The predicted molar refractivity (Wildman–Crippen MR) is 111 cm³/mol. The number of carbonyl (C=O) groups is 1. The monoisotopic (exact) mass is 393 g/mol. The zero-order valence-corrected chi connectivity index (χ0v) is 16.0. The number of halogens is 1. The number of carbonyl (C=O) groups excluding carboxylic acids is 1. The maximum Gasteiger partial charge on any atom is 0.274 e. The third-order valence-electron chi connectivity index (χ3n) is 4.67. The van der Waals surface area contributed by atoms with Crippen molar-refractivity contribution < 1.29 is 4.79 Å². The molecule has 0 atom stereocenters. The molecule has 1 aromatic heterocycles. The van der Waals surface area contributed by atoms with E-state index in [4.69, 9.17) is 11.6 Å². The van der Waals surface area contributed by atoms with Gasteiger partial charge in [-0.05, 0) is 42.5 Å². The number of aromatic nitrogens is 2. The van der Waals surface area contributed by atoms with Gasteiger partial charge in [0, 0.05) is 42.6 Å². The van der Waals surface area contributed by atoms with Gasteiger partial charge < -0.3 is 15.1 Å². The summed E-state index contributed by atoms with van der Waals surface area (Å²) < 4.78 is 0. The van der Waals surface area contributed by atoms with Gasteiger partial charge in [-0.2, -0.15) is 0 Å². The third kappa shape index (κ3) is 4.23. The molecular formula is C21H20ClN5O. The normalized spacial score (nSPS) is 14.0. The summed E-state index contributed by atoms with van der Waals surface area (Å²) in [5, 5.41) is 12.0. The Morgan fingerprint density at radius 3 is 2.36 bits per heavy atom. The molecule has 1 fully saturated rings. The van der Waals surface area contributed by atoms with Crippen molar-refractivity contribution in [2.75, 3.05) is 36.4 Å². The molecular weight excluding hydrogens is 374 g/mol. The van der Waals surface area contributed by atoms with Crippen LogP contribution < -0.4 is 10.2 Å². The minimum Gasteiger partial charge on any atom is -0.368 e. The van der Waals surface area contributed by atoms with E-state index >= 15 is 0 Å². The van der Waals surface area contributed by atoms with Crippen molar-refractivity contribution in [2.24, 2.45) is 0 Å². The number of amides is 1. The third-order valence-corrected chi connectivity index (χ3v) is 4.90. The van der Waals surface area contributed by atoms with Gasteiger partial charge in [-0.1, -0.05) is 35.9 Å². The van der Waals surface area contributed by atoms with Gasteiger partial charge >= 0.3 is 0 Å². The van der Waals surface area contributed by atoms with Crippen LogP contribution in [0, 0.1) is 0 Å². The molecule has 28 heavy (non-hydrogen) atoms. The van der Waals surface area contributed by atoms with Crippen molar-refractivity contribution >= 4 is 34.7 Å². The molecule has 0 radical (unpaired) electrons. The Bertz CT molecular complexity index is 941. The van der Waals surface area contributed by atoms with Crippen molar-refractivity contribution in [2.45, 2.75) is 0 Å². The largest absolute Gasteiger partial charge is 0.368 e. The Balaban J connectivity index is 1.36. The number of hydrogen-bond donors (Lipinski definition) is 1. The molecule has 0 saturated carbocycles. The summed E-state index contributed by atoms with van der Waals surface area (Å²) >= 11 is 5.98. The van der Waals surface area contributed by atoms with Crippen LogP contribution in [0.2, 0.25) is 5.02 Å². The molecule has 0 aliphatic carbocycles. The van der Waals surface area contributed by atoms with Crippen molar-refractivity contribution in [3.8, 4) is 0 Å². The second-order valence-electron chi connectivity index (χ2n) is 6.55. The predicted octanol–water partition coefficient (Wildman–Crippen LogP) is 3.84. The minimum absolute atomic E-state index is 0.0884. The van der Waals surface area contributed by atoms with Crippen molar-refractivity contribution in [1.82, 2.24) is 15.1 Å². The van der Waals surface area contributed by atoms with E-state index in [-0.39, 0.29) is 5.91 Å². The lowest BCUT2D eigenvalue weighted by molar-refractivity contribution is 0.0739. The Labute approximate surface area is 168 Å². The molecule has 1 aliphatic heterocycles. The highest BCUT2D eigenvalue weighted by Crippen LogP contribution is 2.19. The van der Waals surface area contributed by atoms with E-state index in [9.17, 15) is 4.79 Å². The zero-order chi connectivity index (χ0) is 19.3. The van der Waals surface area contributed by atoms with E-state index in [0.717, 1.165) is 18.8 Å². The average Bonchev–Trinajstić information content (AvgIpc) is 2.75. The minimum atomic E-state index is -0.0884. The fraction of sp³-hybridized carbons (Fsp3) is 0.190. The number of rotatable bonds is 4. The molecule has 3 aromatic rings. The molecule has 1 saturated heterocycles. The molecule has 0 bridgehead atoms. The van der Waals surface area contributed by atoms with E-state index in [1.54, 1.807) is 24.3 Å². The highest BCUT2D eigenvalue weighted by Gasteiger charge is 2.23. The van der Waals surface area contributed by atoms with Gasteiger partial charge in [0.25, 0.3) is 5.91 Å². The van der Waals surface area contributed by atoms with Gasteiger partial charge in [-0.3, -0.25) is 4.79 Å². The lowest BCUT2D eigenvalue weighted by Crippen LogP contribution is -2.49. The molecule has 1 N–H and O–H groups in total. The quantitative estimate of drug-likeness (QED) is 0.729. The number of benzene rings is 2. The smallest absolute Gasteiger partial charge is 0.274 e. The summed E-state index contributed by atoms with van der Waals surface area (Å²) in [5.41, 5.74) is 2.36. The van der Waals surface area contributed by atoms with Gasteiger partial charge in [0.2, 0.25) is 0 Å². The van der Waals surface area contributed by atoms with E-state index < -0.39 is 0 Å². The highest BCUT2D eigenvalue weighted by atomic mass is 35.5. The summed E-state index contributed by atoms with van der Waals surface area (Å²) in [6, 6.07) is 21.0. The second-order valence-corrected chi connectivity index (χ2v) is 6.99. The van der Waals surface area contributed by atoms with Crippen molar-refractivity contribution in [1.29, 1.82) is 0 Å². The van der Waals surface area contributed by atoms with Gasteiger partial charge in [-0.25, -0.2) is 0 Å². The molecule has 4 rings (SSSR count). The summed E-state index contributed by atoms with van der Waals surface area (Å²) in [6.45, 7) is 2.94. The number of para-hydroxylation sites is 1. The average molecular weight is 394 g/mol. The molecule has 2 heterocycles. The van der Waals surface area contributed by atoms with Crippen LogP contribution in [0.5, 0.6) is 0 Å². The van der Waals surface area contributed by atoms with Crippen LogP contribution in [-0.4, -0.2) is 47.2 Å². The van der Waals surface area contributed by atoms with E-state index in [1.165, 1.54) is 5.69 Å². The van der Waals surface area contributed by atoms with Crippen molar-refractivity contribution in [3.63, 3.8) is 0 Å². The highest BCUT2D eigenvalue weighted by molar-refractivity contribution is 6.30. The van der Waals surface area contributed by atoms with Gasteiger partial charge in [-0.15, -0.1) is 10.2 Å². The molecule has 7 heteroatoms. The van der Waals surface area contributed by atoms with E-state index in [1.807, 2.05) is 35.2 Å². The molecule has 0 unspecified atom stereocenters. The Morgan fingerprint density at radius 2 is 1.68 bits per heavy atom. The van der Waals surface area contributed by atoms with Crippen LogP contribution in [-0.2, 0) is 0 Å². The maximum atomic E-state index is 12.7. The van der Waals surface area contributed by atoms with Crippen LogP contribution in [0.3, 0.4) is 0 Å². The zero-order valence-electron chi connectivity index (χ0n) is 15.3. The van der Waals surface area contributed by atoms with E-state index in [2.05, 4.69) is 32.5 Å².